The zero-order valence-electron chi connectivity index (χ0n) is 19.4. The SMILES string of the molecule is OCCn1ncc2c1CCc1c-2sc2ncnc(Nc3ccc4c(cnn4Cc4ccccc4)c3)c12. The molecule has 0 amide bonds. The molecule has 178 valence electrons. The summed E-state index contributed by atoms with van der Waals surface area (Å²) in [6, 6.07) is 16.7. The lowest BCUT2D eigenvalue weighted by Gasteiger charge is -2.15. The molecule has 1 aliphatic rings. The lowest BCUT2D eigenvalue weighted by molar-refractivity contribution is 0.267. The summed E-state index contributed by atoms with van der Waals surface area (Å²) in [6.07, 6.45) is 7.23. The van der Waals surface area contributed by atoms with Gasteiger partial charge in [-0.3, -0.25) is 9.36 Å². The van der Waals surface area contributed by atoms with E-state index in [0.29, 0.717) is 6.54 Å². The first-order valence-electron chi connectivity index (χ1n) is 12.0. The summed E-state index contributed by atoms with van der Waals surface area (Å²) in [5.74, 6) is 0.819. The van der Waals surface area contributed by atoms with Gasteiger partial charge in [0.25, 0.3) is 0 Å². The van der Waals surface area contributed by atoms with Crippen LogP contribution in [0.25, 0.3) is 31.6 Å². The van der Waals surface area contributed by atoms with Crippen molar-refractivity contribution in [2.75, 3.05) is 11.9 Å². The number of anilines is 2. The lowest BCUT2D eigenvalue weighted by Crippen LogP contribution is -2.11. The van der Waals surface area contributed by atoms with Crippen LogP contribution in [-0.2, 0) is 25.9 Å². The highest BCUT2D eigenvalue weighted by molar-refractivity contribution is 7.22. The molecule has 0 aliphatic heterocycles. The van der Waals surface area contributed by atoms with E-state index in [1.807, 2.05) is 27.8 Å². The maximum absolute atomic E-state index is 9.37. The number of aliphatic hydroxyl groups is 1. The molecule has 0 saturated carbocycles. The first-order chi connectivity index (χ1) is 17.8. The number of rotatable bonds is 6. The van der Waals surface area contributed by atoms with E-state index in [4.69, 9.17) is 0 Å². The molecule has 4 heterocycles. The average molecular weight is 494 g/mol. The Bertz CT molecular complexity index is 1720. The van der Waals surface area contributed by atoms with E-state index in [1.54, 1.807) is 17.7 Å². The molecule has 0 spiro atoms. The molecular weight excluding hydrogens is 470 g/mol. The Morgan fingerprint density at radius 1 is 0.972 bits per heavy atom. The zero-order chi connectivity index (χ0) is 24.1. The maximum Gasteiger partial charge on any atom is 0.142 e. The van der Waals surface area contributed by atoms with Gasteiger partial charge in [-0.15, -0.1) is 11.3 Å². The fourth-order valence-corrected chi connectivity index (χ4v) is 6.34. The van der Waals surface area contributed by atoms with E-state index >= 15 is 0 Å². The number of nitrogens with zero attached hydrogens (tertiary/aromatic N) is 6. The number of aryl methyl sites for hydroxylation is 1. The van der Waals surface area contributed by atoms with Gasteiger partial charge < -0.3 is 10.4 Å². The number of hydrogen-bond acceptors (Lipinski definition) is 7. The molecule has 6 aromatic rings. The van der Waals surface area contributed by atoms with E-state index in [1.165, 1.54) is 21.7 Å². The molecule has 0 bridgehead atoms. The number of benzene rings is 2. The van der Waals surface area contributed by atoms with Crippen LogP contribution < -0.4 is 5.32 Å². The van der Waals surface area contributed by atoms with E-state index in [2.05, 4.69) is 67.9 Å². The Labute approximate surface area is 210 Å². The standard InChI is InChI=1S/C27H23N7OS/c35-11-10-33-23-9-7-20-24-26(28-16-29-27(24)36-25(20)21(23)14-31-33)32-19-6-8-22-18(12-19)13-30-34(22)15-17-4-2-1-3-5-17/h1-6,8,12-14,16,35H,7,9-11,15H2,(H,28,29,32). The Morgan fingerprint density at radius 3 is 2.75 bits per heavy atom. The molecular formula is C27H23N7OS. The zero-order valence-corrected chi connectivity index (χ0v) is 20.2. The van der Waals surface area contributed by atoms with Gasteiger partial charge in [-0.1, -0.05) is 30.3 Å². The Hall–Kier alpha value is -4.08. The highest BCUT2D eigenvalue weighted by Crippen LogP contribution is 2.45. The summed E-state index contributed by atoms with van der Waals surface area (Å²) in [6.45, 7) is 1.34. The van der Waals surface area contributed by atoms with Crippen LogP contribution in [0.3, 0.4) is 0 Å². The molecule has 0 unspecified atom stereocenters. The van der Waals surface area contributed by atoms with Gasteiger partial charge in [0, 0.05) is 27.2 Å². The summed E-state index contributed by atoms with van der Waals surface area (Å²) in [5.41, 5.74) is 6.88. The molecule has 0 fully saturated rings. The monoisotopic (exact) mass is 493 g/mol. The van der Waals surface area contributed by atoms with Crippen LogP contribution in [0, 0.1) is 0 Å². The van der Waals surface area contributed by atoms with Crippen LogP contribution in [-0.4, -0.2) is 41.2 Å². The Morgan fingerprint density at radius 2 is 1.86 bits per heavy atom. The third-order valence-electron chi connectivity index (χ3n) is 6.78. The summed E-state index contributed by atoms with van der Waals surface area (Å²) in [4.78, 5) is 11.4. The van der Waals surface area contributed by atoms with Crippen LogP contribution in [0.4, 0.5) is 11.5 Å². The highest BCUT2D eigenvalue weighted by atomic mass is 32.1. The van der Waals surface area contributed by atoms with Crippen molar-refractivity contribution in [3.05, 3.63) is 84.1 Å². The molecule has 0 radical (unpaired) electrons. The van der Waals surface area contributed by atoms with Gasteiger partial charge in [-0.05, 0) is 42.2 Å². The normalized spacial score (nSPS) is 12.7. The van der Waals surface area contributed by atoms with Crippen molar-refractivity contribution in [2.24, 2.45) is 0 Å². The van der Waals surface area contributed by atoms with Gasteiger partial charge in [-0.2, -0.15) is 10.2 Å². The molecule has 2 N–H and O–H groups in total. The van der Waals surface area contributed by atoms with Crippen molar-refractivity contribution >= 4 is 44.0 Å². The molecule has 4 aromatic heterocycles. The third kappa shape index (κ3) is 3.47. The average Bonchev–Trinajstić information content (AvgIpc) is 3.60. The van der Waals surface area contributed by atoms with Crippen molar-refractivity contribution in [1.29, 1.82) is 0 Å². The van der Waals surface area contributed by atoms with Crippen LogP contribution in [0.2, 0.25) is 0 Å². The van der Waals surface area contributed by atoms with Crippen LogP contribution >= 0.6 is 11.3 Å². The second kappa shape index (κ2) is 8.54. The quantitative estimate of drug-likeness (QED) is 0.347. The van der Waals surface area contributed by atoms with Crippen LogP contribution in [0.1, 0.15) is 16.8 Å². The lowest BCUT2D eigenvalue weighted by atomic mass is 9.95. The number of fused-ring (bicyclic) bond motifs is 6. The minimum absolute atomic E-state index is 0.0858. The van der Waals surface area contributed by atoms with Crippen molar-refractivity contribution < 1.29 is 5.11 Å². The predicted octanol–water partition coefficient (Wildman–Crippen LogP) is 4.79. The summed E-state index contributed by atoms with van der Waals surface area (Å²) in [7, 11) is 0. The minimum Gasteiger partial charge on any atom is -0.394 e. The maximum atomic E-state index is 9.37. The number of aromatic nitrogens is 6. The molecule has 8 nitrogen and oxygen atoms in total. The molecule has 36 heavy (non-hydrogen) atoms. The van der Waals surface area contributed by atoms with Crippen molar-refractivity contribution in [1.82, 2.24) is 29.5 Å². The van der Waals surface area contributed by atoms with E-state index in [9.17, 15) is 5.11 Å². The number of nitrogens with one attached hydrogen (secondary N) is 1. The van der Waals surface area contributed by atoms with Crippen LogP contribution in [0.5, 0.6) is 0 Å². The van der Waals surface area contributed by atoms with Crippen molar-refractivity contribution in [2.45, 2.75) is 25.9 Å². The fraction of sp³-hybridized carbons (Fsp3) is 0.185. The summed E-state index contributed by atoms with van der Waals surface area (Å²) >= 11 is 1.69. The van der Waals surface area contributed by atoms with Gasteiger partial charge >= 0.3 is 0 Å². The summed E-state index contributed by atoms with van der Waals surface area (Å²) in [5, 5.41) is 24.2. The summed E-state index contributed by atoms with van der Waals surface area (Å²) < 4.78 is 3.95. The first kappa shape index (κ1) is 21.2. The molecule has 9 heteroatoms. The van der Waals surface area contributed by atoms with Crippen molar-refractivity contribution in [3.63, 3.8) is 0 Å². The number of hydrogen-bond donors (Lipinski definition) is 2. The van der Waals surface area contributed by atoms with Gasteiger partial charge in [0.1, 0.15) is 17.0 Å². The van der Waals surface area contributed by atoms with Crippen LogP contribution in [0.15, 0.2) is 67.3 Å². The second-order valence-corrected chi connectivity index (χ2v) is 9.95. The van der Waals surface area contributed by atoms with E-state index < -0.39 is 0 Å². The smallest absolute Gasteiger partial charge is 0.142 e. The third-order valence-corrected chi connectivity index (χ3v) is 7.96. The van der Waals surface area contributed by atoms with Gasteiger partial charge in [0.15, 0.2) is 0 Å². The van der Waals surface area contributed by atoms with Gasteiger partial charge in [0.2, 0.25) is 0 Å². The fourth-order valence-electron chi connectivity index (χ4n) is 5.12. The topological polar surface area (TPSA) is 93.7 Å². The van der Waals surface area contributed by atoms with Gasteiger partial charge in [0.05, 0.1) is 43.0 Å². The van der Waals surface area contributed by atoms with Crippen molar-refractivity contribution in [3.8, 4) is 10.4 Å². The van der Waals surface area contributed by atoms with E-state index in [-0.39, 0.29) is 6.61 Å². The predicted molar refractivity (Wildman–Crippen MR) is 142 cm³/mol. The molecule has 0 saturated heterocycles. The molecule has 0 atom stereocenters. The van der Waals surface area contributed by atoms with Gasteiger partial charge in [-0.25, -0.2) is 9.97 Å². The molecule has 7 rings (SSSR count). The minimum atomic E-state index is 0.0858. The molecule has 2 aromatic carbocycles. The number of thiophene rings is 1. The first-order valence-corrected chi connectivity index (χ1v) is 12.8. The van der Waals surface area contributed by atoms with E-state index in [0.717, 1.165) is 57.6 Å². The number of aliphatic hydroxyl groups excluding tert-OH is 1. The Balaban J connectivity index is 1.23. The highest BCUT2D eigenvalue weighted by Gasteiger charge is 2.26. The molecule has 1 aliphatic carbocycles. The Kier molecular flexibility index (Phi) is 5.04. The second-order valence-electron chi connectivity index (χ2n) is 8.95. The largest absolute Gasteiger partial charge is 0.394 e.